The molecule has 0 atom stereocenters. The summed E-state index contributed by atoms with van der Waals surface area (Å²) in [6.45, 7) is 1.19. The Labute approximate surface area is 89.5 Å². The van der Waals surface area contributed by atoms with Gasteiger partial charge in [-0.3, -0.25) is 0 Å². The van der Waals surface area contributed by atoms with Crippen molar-refractivity contribution in [3.05, 3.63) is 29.6 Å². The maximum absolute atomic E-state index is 13.5. The monoisotopic (exact) mass is 212 g/mol. The Balaban J connectivity index is 2.65. The minimum Gasteiger partial charge on any atom is -0.395 e. The summed E-state index contributed by atoms with van der Waals surface area (Å²) in [5.74, 6) is -0.219. The van der Waals surface area contributed by atoms with E-state index >= 15 is 0 Å². The van der Waals surface area contributed by atoms with E-state index < -0.39 is 0 Å². The van der Waals surface area contributed by atoms with E-state index in [-0.39, 0.29) is 12.4 Å². The van der Waals surface area contributed by atoms with E-state index in [0.29, 0.717) is 18.8 Å². The van der Waals surface area contributed by atoms with Crippen LogP contribution in [0.5, 0.6) is 0 Å². The fourth-order valence-electron chi connectivity index (χ4n) is 1.33. The molecule has 1 aromatic carbocycles. The van der Waals surface area contributed by atoms with Gasteiger partial charge in [0.05, 0.1) is 12.3 Å². The normalized spacial score (nSPS) is 10.4. The lowest BCUT2D eigenvalue weighted by Crippen LogP contribution is -2.18. The number of hydrogen-bond donors (Lipinski definition) is 2. The van der Waals surface area contributed by atoms with Gasteiger partial charge in [-0.25, -0.2) is 4.39 Å². The van der Waals surface area contributed by atoms with Crippen LogP contribution in [-0.4, -0.2) is 32.4 Å². The highest BCUT2D eigenvalue weighted by atomic mass is 19.1. The number of hydrogen-bond acceptors (Lipinski definition) is 3. The van der Waals surface area contributed by atoms with Gasteiger partial charge in [-0.1, -0.05) is 6.07 Å². The number of anilines is 1. The zero-order valence-electron chi connectivity index (χ0n) is 9.13. The van der Waals surface area contributed by atoms with E-state index in [1.165, 1.54) is 6.07 Å². The summed E-state index contributed by atoms with van der Waals surface area (Å²) in [6, 6.07) is 5.15. The fourth-order valence-corrected chi connectivity index (χ4v) is 1.33. The van der Waals surface area contributed by atoms with Gasteiger partial charge in [0.1, 0.15) is 5.82 Å². The Hall–Kier alpha value is -1.13. The number of nitrogens with zero attached hydrogens (tertiary/aromatic N) is 1. The zero-order chi connectivity index (χ0) is 11.3. The third-order valence-corrected chi connectivity index (χ3v) is 2.11. The molecule has 0 amide bonds. The Morgan fingerprint density at radius 3 is 2.67 bits per heavy atom. The molecule has 0 spiro atoms. The summed E-state index contributed by atoms with van der Waals surface area (Å²) in [6.07, 6.45) is 0. The maximum Gasteiger partial charge on any atom is 0.146 e. The van der Waals surface area contributed by atoms with Crippen LogP contribution in [0, 0.1) is 5.82 Å². The van der Waals surface area contributed by atoms with E-state index in [2.05, 4.69) is 5.32 Å². The van der Waals surface area contributed by atoms with E-state index in [0.717, 1.165) is 5.56 Å². The smallest absolute Gasteiger partial charge is 0.146 e. The molecule has 15 heavy (non-hydrogen) atoms. The topological polar surface area (TPSA) is 35.5 Å². The molecule has 0 fully saturated rings. The van der Waals surface area contributed by atoms with Crippen molar-refractivity contribution in [1.82, 2.24) is 5.32 Å². The number of rotatable bonds is 5. The Morgan fingerprint density at radius 1 is 1.40 bits per heavy atom. The van der Waals surface area contributed by atoms with Gasteiger partial charge in [0.15, 0.2) is 0 Å². The second kappa shape index (κ2) is 5.68. The summed E-state index contributed by atoms with van der Waals surface area (Å²) in [5.41, 5.74) is 1.47. The van der Waals surface area contributed by atoms with Crippen molar-refractivity contribution in [2.24, 2.45) is 0 Å². The molecular formula is C11H17FN2O. The van der Waals surface area contributed by atoms with Crippen LogP contribution in [0.25, 0.3) is 0 Å². The fraction of sp³-hybridized carbons (Fsp3) is 0.455. The highest BCUT2D eigenvalue weighted by molar-refractivity contribution is 5.47. The quantitative estimate of drug-likeness (QED) is 0.714. The second-order valence-corrected chi connectivity index (χ2v) is 3.58. The van der Waals surface area contributed by atoms with Gasteiger partial charge in [-0.2, -0.15) is 0 Å². The lowest BCUT2D eigenvalue weighted by Gasteiger charge is -2.14. The first-order chi connectivity index (χ1) is 7.15. The Bertz CT molecular complexity index is 315. The third-order valence-electron chi connectivity index (χ3n) is 2.11. The molecule has 3 nitrogen and oxygen atoms in total. The molecule has 0 saturated heterocycles. The molecule has 0 unspecified atom stereocenters. The molecule has 4 heteroatoms. The molecule has 1 rings (SSSR count). The van der Waals surface area contributed by atoms with Crippen molar-refractivity contribution in [3.63, 3.8) is 0 Å². The minimum atomic E-state index is -0.219. The summed E-state index contributed by atoms with van der Waals surface area (Å²) in [5, 5.41) is 11.6. The number of halogens is 1. The number of aliphatic hydroxyl groups excluding tert-OH is 1. The molecule has 0 aliphatic rings. The van der Waals surface area contributed by atoms with E-state index in [4.69, 9.17) is 5.11 Å². The van der Waals surface area contributed by atoms with Crippen LogP contribution in [0.1, 0.15) is 5.56 Å². The molecule has 0 aliphatic heterocycles. The number of nitrogens with one attached hydrogen (secondary N) is 1. The molecule has 0 saturated carbocycles. The van der Waals surface area contributed by atoms with Crippen LogP contribution < -0.4 is 10.2 Å². The van der Waals surface area contributed by atoms with Crippen molar-refractivity contribution in [2.75, 3.05) is 32.1 Å². The molecule has 1 aromatic rings. The average Bonchev–Trinajstić information content (AvgIpc) is 2.17. The predicted octanol–water partition coefficient (Wildman–Crippen LogP) is 0.974. The molecule has 84 valence electrons. The second-order valence-electron chi connectivity index (χ2n) is 3.58. The van der Waals surface area contributed by atoms with Crippen LogP contribution >= 0.6 is 0 Å². The van der Waals surface area contributed by atoms with Gasteiger partial charge in [0.25, 0.3) is 0 Å². The van der Waals surface area contributed by atoms with Crippen molar-refractivity contribution in [1.29, 1.82) is 0 Å². The van der Waals surface area contributed by atoms with Gasteiger partial charge in [0, 0.05) is 27.2 Å². The first-order valence-corrected chi connectivity index (χ1v) is 4.92. The largest absolute Gasteiger partial charge is 0.395 e. The van der Waals surface area contributed by atoms with Gasteiger partial charge in [-0.15, -0.1) is 0 Å². The Kier molecular flexibility index (Phi) is 4.52. The van der Waals surface area contributed by atoms with Crippen molar-refractivity contribution < 1.29 is 9.50 Å². The average molecular weight is 212 g/mol. The summed E-state index contributed by atoms with van der Waals surface area (Å²) < 4.78 is 13.5. The first kappa shape index (κ1) is 11.9. The summed E-state index contributed by atoms with van der Waals surface area (Å²) >= 11 is 0. The number of benzene rings is 1. The highest BCUT2D eigenvalue weighted by Gasteiger charge is 2.04. The highest BCUT2D eigenvalue weighted by Crippen LogP contribution is 2.17. The minimum absolute atomic E-state index is 0.0955. The van der Waals surface area contributed by atoms with Crippen molar-refractivity contribution in [2.45, 2.75) is 6.54 Å². The van der Waals surface area contributed by atoms with E-state index in [1.807, 2.05) is 20.2 Å². The zero-order valence-corrected chi connectivity index (χ0v) is 9.13. The molecule has 0 radical (unpaired) electrons. The third kappa shape index (κ3) is 3.49. The van der Waals surface area contributed by atoms with Gasteiger partial charge in [0.2, 0.25) is 0 Å². The standard InChI is InChI=1S/C11H17FN2O/c1-14(2)11-4-3-9(7-10(11)12)8-13-5-6-15/h3-4,7,13,15H,5-6,8H2,1-2H3. The van der Waals surface area contributed by atoms with Crippen molar-refractivity contribution in [3.8, 4) is 0 Å². The van der Waals surface area contributed by atoms with E-state index in [9.17, 15) is 4.39 Å². The molecule has 2 N–H and O–H groups in total. The maximum atomic E-state index is 13.5. The molecule has 0 aliphatic carbocycles. The van der Waals surface area contributed by atoms with Gasteiger partial charge >= 0.3 is 0 Å². The van der Waals surface area contributed by atoms with E-state index in [1.54, 1.807) is 11.0 Å². The SMILES string of the molecule is CN(C)c1ccc(CNCCO)cc1F. The predicted molar refractivity (Wildman–Crippen MR) is 59.5 cm³/mol. The molecule has 0 bridgehead atoms. The Morgan fingerprint density at radius 2 is 2.13 bits per heavy atom. The number of aliphatic hydroxyl groups is 1. The van der Waals surface area contributed by atoms with Crippen LogP contribution in [0.15, 0.2) is 18.2 Å². The van der Waals surface area contributed by atoms with Gasteiger partial charge in [-0.05, 0) is 17.7 Å². The lowest BCUT2D eigenvalue weighted by atomic mass is 10.2. The first-order valence-electron chi connectivity index (χ1n) is 4.92. The lowest BCUT2D eigenvalue weighted by molar-refractivity contribution is 0.292. The molecule has 0 heterocycles. The summed E-state index contributed by atoms with van der Waals surface area (Å²) in [4.78, 5) is 1.74. The molecular weight excluding hydrogens is 195 g/mol. The van der Waals surface area contributed by atoms with Crippen LogP contribution in [0.4, 0.5) is 10.1 Å². The summed E-state index contributed by atoms with van der Waals surface area (Å²) in [7, 11) is 3.62. The molecule has 0 aromatic heterocycles. The van der Waals surface area contributed by atoms with Crippen LogP contribution in [0.3, 0.4) is 0 Å². The van der Waals surface area contributed by atoms with Crippen LogP contribution in [0.2, 0.25) is 0 Å². The van der Waals surface area contributed by atoms with Gasteiger partial charge < -0.3 is 15.3 Å². The van der Waals surface area contributed by atoms with Crippen molar-refractivity contribution >= 4 is 5.69 Å². The van der Waals surface area contributed by atoms with Crippen LogP contribution in [-0.2, 0) is 6.54 Å².